The van der Waals surface area contributed by atoms with E-state index in [1.807, 2.05) is 31.2 Å². The van der Waals surface area contributed by atoms with E-state index in [0.29, 0.717) is 12.3 Å². The maximum absolute atomic E-state index is 6.01. The number of aromatic nitrogens is 1. The maximum Gasteiger partial charge on any atom is 0.198 e. The third-order valence-electron chi connectivity index (χ3n) is 1.97. The van der Waals surface area contributed by atoms with Crippen LogP contribution < -0.4 is 0 Å². The van der Waals surface area contributed by atoms with Crippen LogP contribution in [0.15, 0.2) is 34.9 Å². The third kappa shape index (κ3) is 1.96. The lowest BCUT2D eigenvalue weighted by atomic mass is 10.1. The highest BCUT2D eigenvalue weighted by atomic mass is 35.5. The molecule has 0 saturated carbocycles. The number of aryl methyl sites for hydroxylation is 1. The number of halogens is 1. The average Bonchev–Trinajstić information content (AvgIpc) is 2.56. The Kier molecular flexibility index (Phi) is 2.55. The summed E-state index contributed by atoms with van der Waals surface area (Å²) in [6, 6.07) is 7.71. The minimum absolute atomic E-state index is 0.646. The molecule has 0 N–H and O–H groups in total. The maximum atomic E-state index is 6.01. The molecule has 1 aromatic carbocycles. The fraction of sp³-hybridized carbons (Fsp3) is 0.182. The van der Waals surface area contributed by atoms with Crippen LogP contribution in [0.2, 0.25) is 5.02 Å². The Hall–Kier alpha value is -1.28. The highest BCUT2D eigenvalue weighted by Gasteiger charge is 2.04. The molecule has 2 aromatic rings. The molecule has 1 heterocycles. The van der Waals surface area contributed by atoms with E-state index in [4.69, 9.17) is 16.0 Å². The van der Waals surface area contributed by atoms with Crippen LogP contribution in [0.1, 0.15) is 17.2 Å². The van der Waals surface area contributed by atoms with Crippen molar-refractivity contribution in [3.63, 3.8) is 0 Å². The molecule has 0 aliphatic heterocycles. The van der Waals surface area contributed by atoms with Crippen LogP contribution in [0, 0.1) is 6.92 Å². The van der Waals surface area contributed by atoms with Crippen molar-refractivity contribution in [2.75, 3.05) is 0 Å². The summed E-state index contributed by atoms with van der Waals surface area (Å²) in [5.41, 5.74) is 1.04. The van der Waals surface area contributed by atoms with Gasteiger partial charge < -0.3 is 4.42 Å². The SMILES string of the molecule is Cc1cnc(Cc2ccccc2Cl)o1. The van der Waals surface area contributed by atoms with Crippen molar-refractivity contribution in [1.82, 2.24) is 4.98 Å². The summed E-state index contributed by atoms with van der Waals surface area (Å²) in [6.45, 7) is 1.88. The number of oxazole rings is 1. The molecule has 0 spiro atoms. The van der Waals surface area contributed by atoms with Crippen molar-refractivity contribution in [3.05, 3.63) is 52.7 Å². The molecule has 72 valence electrons. The zero-order valence-electron chi connectivity index (χ0n) is 7.83. The molecule has 0 aliphatic rings. The number of rotatable bonds is 2. The molecule has 2 nitrogen and oxygen atoms in total. The van der Waals surface area contributed by atoms with E-state index in [9.17, 15) is 0 Å². The van der Waals surface area contributed by atoms with E-state index < -0.39 is 0 Å². The molecule has 0 saturated heterocycles. The number of hydrogen-bond donors (Lipinski definition) is 0. The van der Waals surface area contributed by atoms with Crippen LogP contribution in [-0.2, 0) is 6.42 Å². The summed E-state index contributed by atoms with van der Waals surface area (Å²) in [5.74, 6) is 1.53. The molecule has 0 bridgehead atoms. The van der Waals surface area contributed by atoms with Gasteiger partial charge >= 0.3 is 0 Å². The monoisotopic (exact) mass is 207 g/mol. The summed E-state index contributed by atoms with van der Waals surface area (Å²) in [6.07, 6.45) is 2.36. The minimum Gasteiger partial charge on any atom is -0.446 e. The van der Waals surface area contributed by atoms with Crippen molar-refractivity contribution in [1.29, 1.82) is 0 Å². The van der Waals surface area contributed by atoms with E-state index in [1.165, 1.54) is 0 Å². The molecule has 3 heteroatoms. The van der Waals surface area contributed by atoms with E-state index in [-0.39, 0.29) is 0 Å². The third-order valence-corrected chi connectivity index (χ3v) is 2.34. The molecule has 1 aromatic heterocycles. The molecule has 0 unspecified atom stereocenters. The summed E-state index contributed by atoms with van der Waals surface area (Å²) >= 11 is 6.01. The van der Waals surface area contributed by atoms with E-state index >= 15 is 0 Å². The van der Waals surface area contributed by atoms with Gasteiger partial charge in [0.15, 0.2) is 5.89 Å². The molecular weight excluding hydrogens is 198 g/mol. The second kappa shape index (κ2) is 3.84. The minimum atomic E-state index is 0.646. The topological polar surface area (TPSA) is 26.0 Å². The van der Waals surface area contributed by atoms with Crippen molar-refractivity contribution in [3.8, 4) is 0 Å². The van der Waals surface area contributed by atoms with Gasteiger partial charge in [-0.3, -0.25) is 0 Å². The largest absolute Gasteiger partial charge is 0.446 e. The Bertz CT molecular complexity index is 436. The van der Waals surface area contributed by atoms with Crippen molar-refractivity contribution in [2.24, 2.45) is 0 Å². The Morgan fingerprint density at radius 2 is 2.14 bits per heavy atom. The molecular formula is C11H10ClNO. The van der Waals surface area contributed by atoms with Crippen LogP contribution in [0.3, 0.4) is 0 Å². The molecule has 2 rings (SSSR count). The Morgan fingerprint density at radius 1 is 1.36 bits per heavy atom. The first-order chi connectivity index (χ1) is 6.75. The molecule has 0 radical (unpaired) electrons. The smallest absolute Gasteiger partial charge is 0.198 e. The van der Waals surface area contributed by atoms with E-state index in [0.717, 1.165) is 16.3 Å². The summed E-state index contributed by atoms with van der Waals surface area (Å²) in [7, 11) is 0. The predicted octanol–water partition coefficient (Wildman–Crippen LogP) is 3.23. The van der Waals surface area contributed by atoms with Crippen molar-refractivity contribution >= 4 is 11.6 Å². The van der Waals surface area contributed by atoms with Gasteiger partial charge in [0, 0.05) is 5.02 Å². The number of hydrogen-bond acceptors (Lipinski definition) is 2. The lowest BCUT2D eigenvalue weighted by molar-refractivity contribution is 0.481. The zero-order valence-corrected chi connectivity index (χ0v) is 8.58. The Morgan fingerprint density at radius 3 is 2.79 bits per heavy atom. The van der Waals surface area contributed by atoms with Crippen LogP contribution in [0.25, 0.3) is 0 Å². The molecule has 0 fully saturated rings. The van der Waals surface area contributed by atoms with E-state index in [1.54, 1.807) is 6.20 Å². The first-order valence-electron chi connectivity index (χ1n) is 4.40. The standard InChI is InChI=1S/C11H10ClNO/c1-8-7-13-11(14-8)6-9-4-2-3-5-10(9)12/h2-5,7H,6H2,1H3. The van der Waals surface area contributed by atoms with Gasteiger partial charge in [0.2, 0.25) is 0 Å². The second-order valence-electron chi connectivity index (χ2n) is 3.13. The average molecular weight is 208 g/mol. The summed E-state index contributed by atoms with van der Waals surface area (Å²) in [5, 5.41) is 0.753. The van der Waals surface area contributed by atoms with Gasteiger partial charge in [0.05, 0.1) is 12.6 Å². The first-order valence-corrected chi connectivity index (χ1v) is 4.78. The summed E-state index contributed by atoms with van der Waals surface area (Å²) in [4.78, 5) is 4.13. The lowest BCUT2D eigenvalue weighted by Gasteiger charge is -1.99. The Balaban J connectivity index is 2.23. The number of benzene rings is 1. The van der Waals surface area contributed by atoms with Gasteiger partial charge in [0.1, 0.15) is 5.76 Å². The highest BCUT2D eigenvalue weighted by Crippen LogP contribution is 2.18. The van der Waals surface area contributed by atoms with Crippen LogP contribution >= 0.6 is 11.6 Å². The van der Waals surface area contributed by atoms with Crippen LogP contribution in [0.5, 0.6) is 0 Å². The first kappa shape index (κ1) is 9.28. The van der Waals surface area contributed by atoms with Gasteiger partial charge in [-0.1, -0.05) is 29.8 Å². The van der Waals surface area contributed by atoms with Gasteiger partial charge in [-0.25, -0.2) is 4.98 Å². The lowest BCUT2D eigenvalue weighted by Crippen LogP contribution is -1.88. The summed E-state index contributed by atoms with van der Waals surface area (Å²) < 4.78 is 5.37. The van der Waals surface area contributed by atoms with Gasteiger partial charge in [0.25, 0.3) is 0 Å². The highest BCUT2D eigenvalue weighted by molar-refractivity contribution is 6.31. The van der Waals surface area contributed by atoms with Crippen molar-refractivity contribution in [2.45, 2.75) is 13.3 Å². The fourth-order valence-electron chi connectivity index (χ4n) is 1.29. The Labute approximate surface area is 87.5 Å². The molecule has 0 amide bonds. The van der Waals surface area contributed by atoms with E-state index in [2.05, 4.69) is 4.98 Å². The zero-order chi connectivity index (χ0) is 9.97. The van der Waals surface area contributed by atoms with Gasteiger partial charge in [-0.05, 0) is 18.6 Å². The fourth-order valence-corrected chi connectivity index (χ4v) is 1.49. The number of nitrogens with zero attached hydrogens (tertiary/aromatic N) is 1. The van der Waals surface area contributed by atoms with Gasteiger partial charge in [-0.15, -0.1) is 0 Å². The molecule has 0 atom stereocenters. The normalized spacial score (nSPS) is 10.4. The molecule has 14 heavy (non-hydrogen) atoms. The van der Waals surface area contributed by atoms with Crippen LogP contribution in [-0.4, -0.2) is 4.98 Å². The van der Waals surface area contributed by atoms with Gasteiger partial charge in [-0.2, -0.15) is 0 Å². The van der Waals surface area contributed by atoms with Crippen molar-refractivity contribution < 1.29 is 4.42 Å². The quantitative estimate of drug-likeness (QED) is 0.756. The van der Waals surface area contributed by atoms with Crippen LogP contribution in [0.4, 0.5) is 0 Å². The second-order valence-corrected chi connectivity index (χ2v) is 3.54. The molecule has 0 aliphatic carbocycles. The predicted molar refractivity (Wildman–Crippen MR) is 55.5 cm³/mol.